The molecule has 1 aliphatic heterocycles. The van der Waals surface area contributed by atoms with Crippen molar-refractivity contribution in [1.82, 2.24) is 10.2 Å². The van der Waals surface area contributed by atoms with Crippen LogP contribution in [0.3, 0.4) is 0 Å². The highest BCUT2D eigenvalue weighted by atomic mass is 19.1. The molecule has 0 atom stereocenters. The summed E-state index contributed by atoms with van der Waals surface area (Å²) < 4.78 is 18.9. The first kappa shape index (κ1) is 17.9. The second kappa shape index (κ2) is 8.43. The number of hydrogen-bond donors (Lipinski definition) is 1. The Hall–Kier alpha value is -1.95. The topological polar surface area (TPSA) is 58.6 Å². The molecule has 1 aromatic carbocycles. The molecule has 0 radical (unpaired) electrons. The summed E-state index contributed by atoms with van der Waals surface area (Å²) in [5.41, 5.74) is 0.493. The molecule has 25 heavy (non-hydrogen) atoms. The zero-order valence-corrected chi connectivity index (χ0v) is 14.4. The Morgan fingerprint density at radius 1 is 1.08 bits per heavy atom. The zero-order valence-electron chi connectivity index (χ0n) is 14.4. The molecule has 0 spiro atoms. The van der Waals surface area contributed by atoms with Crippen LogP contribution in [0.4, 0.5) is 4.39 Å². The monoisotopic (exact) mass is 348 g/mol. The highest BCUT2D eigenvalue weighted by Crippen LogP contribution is 2.30. The lowest BCUT2D eigenvalue weighted by Crippen LogP contribution is -2.45. The number of nitrogens with one attached hydrogen (secondary N) is 1. The second-order valence-corrected chi connectivity index (χ2v) is 6.80. The van der Waals surface area contributed by atoms with Gasteiger partial charge < -0.3 is 15.0 Å². The predicted molar refractivity (Wildman–Crippen MR) is 91.1 cm³/mol. The van der Waals surface area contributed by atoms with Crippen LogP contribution in [0.5, 0.6) is 0 Å². The maximum Gasteiger partial charge on any atom is 0.225 e. The fourth-order valence-electron chi connectivity index (χ4n) is 3.61. The van der Waals surface area contributed by atoms with Crippen molar-refractivity contribution >= 4 is 11.8 Å². The van der Waals surface area contributed by atoms with E-state index in [9.17, 15) is 14.0 Å². The Morgan fingerprint density at radius 2 is 1.72 bits per heavy atom. The summed E-state index contributed by atoms with van der Waals surface area (Å²) in [6, 6.07) is 6.46. The van der Waals surface area contributed by atoms with Crippen LogP contribution >= 0.6 is 0 Å². The molecule has 3 rings (SSSR count). The molecule has 1 aliphatic carbocycles. The third-order valence-corrected chi connectivity index (χ3v) is 5.18. The Morgan fingerprint density at radius 3 is 2.40 bits per heavy atom. The Kier molecular flexibility index (Phi) is 6.02. The fraction of sp³-hybridized carbons (Fsp3) is 0.579. The molecule has 1 saturated heterocycles. The van der Waals surface area contributed by atoms with E-state index in [4.69, 9.17) is 4.74 Å². The van der Waals surface area contributed by atoms with Gasteiger partial charge in [0.25, 0.3) is 0 Å². The molecule has 6 heteroatoms. The Balaban J connectivity index is 1.44. The maximum absolute atomic E-state index is 13.6. The highest BCUT2D eigenvalue weighted by Gasteiger charge is 2.32. The molecule has 2 fully saturated rings. The van der Waals surface area contributed by atoms with Crippen molar-refractivity contribution in [1.29, 1.82) is 0 Å². The van der Waals surface area contributed by atoms with E-state index < -0.39 is 0 Å². The molecule has 1 aromatic rings. The molecule has 0 aromatic heterocycles. The number of rotatable bonds is 4. The third kappa shape index (κ3) is 4.57. The van der Waals surface area contributed by atoms with Crippen molar-refractivity contribution in [2.24, 2.45) is 11.8 Å². The van der Waals surface area contributed by atoms with Crippen LogP contribution in [0.1, 0.15) is 31.2 Å². The van der Waals surface area contributed by atoms with Crippen LogP contribution in [-0.2, 0) is 20.9 Å². The van der Waals surface area contributed by atoms with Crippen molar-refractivity contribution in [3.8, 4) is 0 Å². The highest BCUT2D eigenvalue weighted by molar-refractivity contribution is 5.81. The molecular weight excluding hydrogens is 323 g/mol. The van der Waals surface area contributed by atoms with E-state index in [1.807, 2.05) is 4.90 Å². The van der Waals surface area contributed by atoms with E-state index in [-0.39, 0.29) is 36.0 Å². The fourth-order valence-corrected chi connectivity index (χ4v) is 3.61. The van der Waals surface area contributed by atoms with Crippen LogP contribution in [0.25, 0.3) is 0 Å². The molecule has 136 valence electrons. The normalized spacial score (nSPS) is 24.0. The van der Waals surface area contributed by atoms with Gasteiger partial charge in [-0.3, -0.25) is 9.59 Å². The van der Waals surface area contributed by atoms with Gasteiger partial charge in [-0.15, -0.1) is 0 Å². The largest absolute Gasteiger partial charge is 0.378 e. The number of halogens is 1. The summed E-state index contributed by atoms with van der Waals surface area (Å²) in [5.74, 6) is -0.203. The summed E-state index contributed by atoms with van der Waals surface area (Å²) >= 11 is 0. The Bertz CT molecular complexity index is 608. The van der Waals surface area contributed by atoms with E-state index in [0.29, 0.717) is 44.7 Å². The van der Waals surface area contributed by atoms with E-state index in [1.54, 1.807) is 18.2 Å². The second-order valence-electron chi connectivity index (χ2n) is 6.80. The van der Waals surface area contributed by atoms with Crippen molar-refractivity contribution in [3.63, 3.8) is 0 Å². The molecule has 2 aliphatic rings. The average molecular weight is 348 g/mol. The van der Waals surface area contributed by atoms with E-state index in [1.165, 1.54) is 6.07 Å². The van der Waals surface area contributed by atoms with Crippen molar-refractivity contribution < 1.29 is 18.7 Å². The minimum atomic E-state index is -0.303. The molecular formula is C19H25FN2O3. The smallest absolute Gasteiger partial charge is 0.225 e. The summed E-state index contributed by atoms with van der Waals surface area (Å²) in [6.07, 6.45) is 2.91. The van der Waals surface area contributed by atoms with Crippen LogP contribution in [0.15, 0.2) is 24.3 Å². The standard InChI is InChI=1S/C19H25FN2O3/c20-17-4-2-1-3-16(17)13-21-18(23)14-5-7-15(8-6-14)19(24)22-9-11-25-12-10-22/h1-4,14-15H,5-13H2,(H,21,23). The van der Waals surface area contributed by atoms with Gasteiger partial charge in [0, 0.05) is 37.0 Å². The first-order valence-corrected chi connectivity index (χ1v) is 9.03. The lowest BCUT2D eigenvalue weighted by Gasteiger charge is -2.33. The van der Waals surface area contributed by atoms with Crippen molar-refractivity contribution in [3.05, 3.63) is 35.6 Å². The number of ether oxygens (including phenoxy) is 1. The van der Waals surface area contributed by atoms with Gasteiger partial charge in [-0.25, -0.2) is 4.39 Å². The number of benzene rings is 1. The molecule has 0 unspecified atom stereocenters. The summed E-state index contributed by atoms with van der Waals surface area (Å²) in [5, 5.41) is 2.83. The third-order valence-electron chi connectivity index (χ3n) is 5.18. The zero-order chi connectivity index (χ0) is 17.6. The minimum Gasteiger partial charge on any atom is -0.378 e. The predicted octanol–water partition coefficient (Wildman–Crippen LogP) is 2.11. The molecule has 5 nitrogen and oxygen atoms in total. The van der Waals surface area contributed by atoms with Crippen LogP contribution in [-0.4, -0.2) is 43.0 Å². The molecule has 1 heterocycles. The lowest BCUT2D eigenvalue weighted by molar-refractivity contribution is -0.142. The summed E-state index contributed by atoms with van der Waals surface area (Å²) in [7, 11) is 0. The van der Waals surface area contributed by atoms with Crippen molar-refractivity contribution in [2.45, 2.75) is 32.2 Å². The number of carbonyl (C=O) groups excluding carboxylic acids is 2. The number of amides is 2. The Labute approximate surface area is 147 Å². The van der Waals surface area contributed by atoms with E-state index in [0.717, 1.165) is 12.8 Å². The SMILES string of the molecule is O=C(NCc1ccccc1F)C1CCC(C(=O)N2CCOCC2)CC1. The number of nitrogens with zero attached hydrogens (tertiary/aromatic N) is 1. The first-order valence-electron chi connectivity index (χ1n) is 9.03. The molecule has 1 saturated carbocycles. The van der Waals surface area contributed by atoms with Crippen LogP contribution < -0.4 is 5.32 Å². The number of hydrogen-bond acceptors (Lipinski definition) is 3. The van der Waals surface area contributed by atoms with Gasteiger partial charge in [0.1, 0.15) is 5.82 Å². The van der Waals surface area contributed by atoms with Crippen LogP contribution in [0, 0.1) is 17.7 Å². The first-order chi connectivity index (χ1) is 12.1. The van der Waals surface area contributed by atoms with E-state index in [2.05, 4.69) is 5.32 Å². The molecule has 2 amide bonds. The maximum atomic E-state index is 13.6. The quantitative estimate of drug-likeness (QED) is 0.907. The van der Waals surface area contributed by atoms with Gasteiger partial charge >= 0.3 is 0 Å². The van der Waals surface area contributed by atoms with Gasteiger partial charge in [-0.05, 0) is 31.7 Å². The molecule has 1 N–H and O–H groups in total. The molecule has 0 bridgehead atoms. The van der Waals surface area contributed by atoms with E-state index >= 15 is 0 Å². The number of carbonyl (C=O) groups is 2. The van der Waals surface area contributed by atoms with Crippen molar-refractivity contribution in [2.75, 3.05) is 26.3 Å². The lowest BCUT2D eigenvalue weighted by atomic mass is 9.81. The minimum absolute atomic E-state index is 0.0220. The van der Waals surface area contributed by atoms with Gasteiger partial charge in [-0.2, -0.15) is 0 Å². The van der Waals surface area contributed by atoms with Gasteiger partial charge in [0.2, 0.25) is 11.8 Å². The summed E-state index contributed by atoms with van der Waals surface area (Å²) in [6.45, 7) is 2.76. The van der Waals surface area contributed by atoms with Crippen LogP contribution in [0.2, 0.25) is 0 Å². The van der Waals surface area contributed by atoms with Gasteiger partial charge in [0.15, 0.2) is 0 Å². The number of morpholine rings is 1. The summed E-state index contributed by atoms with van der Waals surface area (Å²) in [4.78, 5) is 26.7. The van der Waals surface area contributed by atoms with Gasteiger partial charge in [0.05, 0.1) is 13.2 Å². The average Bonchev–Trinajstić information content (AvgIpc) is 2.67. The van der Waals surface area contributed by atoms with Gasteiger partial charge in [-0.1, -0.05) is 18.2 Å².